The number of thiophene rings is 1. The second-order valence-corrected chi connectivity index (χ2v) is 19.1. The van der Waals surface area contributed by atoms with Gasteiger partial charge in [-0.15, -0.1) is 11.3 Å². The van der Waals surface area contributed by atoms with Gasteiger partial charge in [0.05, 0.1) is 40.6 Å². The smallest absolute Gasteiger partial charge is 0.211 e. The molecule has 75 heavy (non-hydrogen) atoms. The fraction of sp³-hybridized carbons (Fsp3) is 0. The Morgan fingerprint density at radius 2 is 0.960 bits per heavy atom. The molecule has 9 nitrogen and oxygen atoms in total. The molecule has 13 aromatic rings. The molecule has 0 unspecified atom stereocenters. The highest BCUT2D eigenvalue weighted by molar-refractivity contribution is 7.25. The molecular weight excluding hydrogens is 939 g/mol. The summed E-state index contributed by atoms with van der Waals surface area (Å²) in [5, 5.41) is 13.1. The first-order valence-electron chi connectivity index (χ1n) is 24.3. The first-order valence-corrected chi connectivity index (χ1v) is 25.1. The number of nitrogens with zero attached hydrogens (tertiary/aromatic N) is 9. The lowest BCUT2D eigenvalue weighted by molar-refractivity contribution is 1.06. The van der Waals surface area contributed by atoms with E-state index in [1.54, 1.807) is 24.8 Å². The van der Waals surface area contributed by atoms with Gasteiger partial charge in [0.2, 0.25) is 5.69 Å². The van der Waals surface area contributed by atoms with Crippen molar-refractivity contribution in [2.45, 2.75) is 0 Å². The van der Waals surface area contributed by atoms with Gasteiger partial charge in [0.1, 0.15) is 17.7 Å². The van der Waals surface area contributed by atoms with E-state index in [1.807, 2.05) is 112 Å². The third-order valence-electron chi connectivity index (χ3n) is 13.6. The Labute approximate surface area is 436 Å². The average molecular weight is 978 g/mol. The standard InChI is InChI=1S/C65H39N9S/c1-67-59-39-47(57-14-7-9-28-69-57)22-25-61(59)74-33-31-72-65(74)50-36-48(35-49(37-50)64-71-30-32-73(64)60-24-21-46(34-51(60)41-66)56-13-6-8-27-68-56)53-11-3-2-10-52(53)42-16-18-43(19-17-42)58-38-45(26-29-70-58)44-20-23-55-54-12-4-5-15-62(54)75-63(55)40-44/h2-40H. The Morgan fingerprint density at radius 1 is 0.400 bits per heavy atom. The number of hydrogen-bond donors (Lipinski definition) is 0. The van der Waals surface area contributed by atoms with Gasteiger partial charge in [0, 0.05) is 85.8 Å². The van der Waals surface area contributed by atoms with E-state index >= 15 is 0 Å². The van der Waals surface area contributed by atoms with Crippen LogP contribution < -0.4 is 0 Å². The molecule has 6 aromatic heterocycles. The van der Waals surface area contributed by atoms with E-state index in [-0.39, 0.29) is 0 Å². The summed E-state index contributed by atoms with van der Waals surface area (Å²) in [4.78, 5) is 27.8. The largest absolute Gasteiger partial charge is 0.310 e. The van der Waals surface area contributed by atoms with Gasteiger partial charge < -0.3 is 4.57 Å². The summed E-state index contributed by atoms with van der Waals surface area (Å²) in [5.74, 6) is 1.28. The van der Waals surface area contributed by atoms with Crippen LogP contribution in [0.5, 0.6) is 0 Å². The van der Waals surface area contributed by atoms with Crippen LogP contribution in [-0.2, 0) is 0 Å². The van der Waals surface area contributed by atoms with Crippen molar-refractivity contribution in [1.82, 2.24) is 34.1 Å². The number of benzene rings is 7. The molecule has 7 aromatic carbocycles. The van der Waals surface area contributed by atoms with Crippen LogP contribution in [0.4, 0.5) is 5.69 Å². The quantitative estimate of drug-likeness (QED) is 0.127. The fourth-order valence-corrected chi connectivity index (χ4v) is 11.1. The Bertz CT molecular complexity index is 4230. The summed E-state index contributed by atoms with van der Waals surface area (Å²) in [6.07, 6.45) is 12.7. The van der Waals surface area contributed by atoms with E-state index in [1.165, 1.54) is 20.2 Å². The zero-order chi connectivity index (χ0) is 50.2. The van der Waals surface area contributed by atoms with Gasteiger partial charge in [-0.25, -0.2) is 14.8 Å². The molecule has 0 radical (unpaired) electrons. The Hall–Kier alpha value is -10.4. The molecule has 0 bridgehead atoms. The highest BCUT2D eigenvalue weighted by Crippen LogP contribution is 2.41. The van der Waals surface area contributed by atoms with Crippen molar-refractivity contribution in [2.24, 2.45) is 0 Å². The summed E-state index contributed by atoms with van der Waals surface area (Å²) >= 11 is 1.82. The monoisotopic (exact) mass is 977 g/mol. The molecule has 0 fully saturated rings. The van der Waals surface area contributed by atoms with Crippen LogP contribution in [-0.4, -0.2) is 34.1 Å². The van der Waals surface area contributed by atoms with Crippen molar-refractivity contribution in [1.29, 1.82) is 5.26 Å². The Balaban J connectivity index is 0.905. The van der Waals surface area contributed by atoms with Gasteiger partial charge in [0.25, 0.3) is 0 Å². The van der Waals surface area contributed by atoms with Crippen LogP contribution in [0.3, 0.4) is 0 Å². The molecule has 0 spiro atoms. The molecule has 0 saturated carbocycles. The molecule has 0 atom stereocenters. The summed E-state index contributed by atoms with van der Waals surface area (Å²) in [6.45, 7) is 8.28. The van der Waals surface area contributed by atoms with Crippen LogP contribution >= 0.6 is 11.3 Å². The summed E-state index contributed by atoms with van der Waals surface area (Å²) < 4.78 is 6.48. The number of rotatable bonds is 10. The van der Waals surface area contributed by atoms with Crippen LogP contribution in [0.1, 0.15) is 5.56 Å². The van der Waals surface area contributed by atoms with Crippen molar-refractivity contribution in [3.05, 3.63) is 254 Å². The highest BCUT2D eigenvalue weighted by Gasteiger charge is 2.20. The number of fused-ring (bicyclic) bond motifs is 3. The van der Waals surface area contributed by atoms with Crippen molar-refractivity contribution in [3.63, 3.8) is 0 Å². The third kappa shape index (κ3) is 8.30. The van der Waals surface area contributed by atoms with Gasteiger partial charge in [-0.2, -0.15) is 5.26 Å². The number of aromatic nitrogens is 7. The Kier molecular flexibility index (Phi) is 11.3. The van der Waals surface area contributed by atoms with Crippen molar-refractivity contribution >= 4 is 37.2 Å². The normalized spacial score (nSPS) is 11.2. The minimum atomic E-state index is 0.465. The van der Waals surface area contributed by atoms with E-state index < -0.39 is 0 Å². The summed E-state index contributed by atoms with van der Waals surface area (Å²) in [6, 6.07) is 68.5. The SMILES string of the molecule is [C-]#[N+]c1cc(-c2ccccn2)ccc1-n1ccnc1-c1cc(-c2ccccc2-c2ccc(-c3cc(-c4ccc5c(c4)sc4ccccc45)ccn3)cc2)cc(-c2nccn2-c2ccc(-c3ccccn3)cc2C#N)c1. The van der Waals surface area contributed by atoms with Gasteiger partial charge in [-0.1, -0.05) is 103 Å². The maximum atomic E-state index is 10.6. The van der Waals surface area contributed by atoms with Gasteiger partial charge in [-0.3, -0.25) is 19.5 Å². The maximum Gasteiger partial charge on any atom is 0.211 e. The van der Waals surface area contributed by atoms with E-state index in [4.69, 9.17) is 21.5 Å². The fourth-order valence-electron chi connectivity index (χ4n) is 9.98. The molecule has 13 rings (SSSR count). The summed E-state index contributed by atoms with van der Waals surface area (Å²) in [7, 11) is 0. The zero-order valence-corrected chi connectivity index (χ0v) is 40.8. The lowest BCUT2D eigenvalue weighted by Gasteiger charge is -2.17. The molecule has 0 saturated heterocycles. The summed E-state index contributed by atoms with van der Waals surface area (Å²) in [5.41, 5.74) is 15.4. The number of imidazole rings is 2. The van der Waals surface area contributed by atoms with Gasteiger partial charge >= 0.3 is 0 Å². The second-order valence-electron chi connectivity index (χ2n) is 18.0. The highest BCUT2D eigenvalue weighted by atomic mass is 32.1. The van der Waals surface area contributed by atoms with E-state index in [2.05, 4.69) is 142 Å². The maximum absolute atomic E-state index is 10.6. The topological polar surface area (TPSA) is 102 Å². The Morgan fingerprint density at radius 3 is 1.65 bits per heavy atom. The van der Waals surface area contributed by atoms with Crippen LogP contribution in [0, 0.1) is 17.9 Å². The van der Waals surface area contributed by atoms with Crippen LogP contribution in [0.25, 0.3) is 126 Å². The molecule has 0 aliphatic carbocycles. The van der Waals surface area contributed by atoms with E-state index in [0.29, 0.717) is 34.3 Å². The van der Waals surface area contributed by atoms with Crippen molar-refractivity contribution < 1.29 is 0 Å². The predicted molar refractivity (Wildman–Crippen MR) is 301 cm³/mol. The molecule has 6 heterocycles. The lowest BCUT2D eigenvalue weighted by atomic mass is 9.91. The molecule has 0 N–H and O–H groups in total. The molecule has 350 valence electrons. The first kappa shape index (κ1) is 44.5. The molecule has 10 heteroatoms. The van der Waals surface area contributed by atoms with Crippen LogP contribution in [0.2, 0.25) is 0 Å². The second kappa shape index (κ2) is 19.0. The number of nitriles is 1. The van der Waals surface area contributed by atoms with Crippen LogP contribution in [0.15, 0.2) is 238 Å². The minimum absolute atomic E-state index is 0.465. The zero-order valence-electron chi connectivity index (χ0n) is 39.9. The lowest BCUT2D eigenvalue weighted by Crippen LogP contribution is -2.01. The van der Waals surface area contributed by atoms with Crippen molar-refractivity contribution in [3.8, 4) is 107 Å². The molecule has 0 aliphatic heterocycles. The number of hydrogen-bond acceptors (Lipinski definition) is 7. The first-order chi connectivity index (χ1) is 37.1. The average Bonchev–Trinajstić information content (AvgIpc) is 4.27. The van der Waals surface area contributed by atoms with Crippen molar-refractivity contribution in [2.75, 3.05) is 0 Å². The third-order valence-corrected chi connectivity index (χ3v) is 14.7. The molecular formula is C65H39N9S. The van der Waals surface area contributed by atoms with Gasteiger partial charge in [0.15, 0.2) is 0 Å². The van der Waals surface area contributed by atoms with E-state index in [0.717, 1.165) is 78.3 Å². The molecule has 0 amide bonds. The number of pyridine rings is 3. The minimum Gasteiger partial charge on any atom is -0.310 e. The molecule has 0 aliphatic rings. The van der Waals surface area contributed by atoms with Gasteiger partial charge in [-0.05, 0) is 130 Å². The predicted octanol–water partition coefficient (Wildman–Crippen LogP) is 16.4. The van der Waals surface area contributed by atoms with E-state index in [9.17, 15) is 5.26 Å².